The van der Waals surface area contributed by atoms with Crippen LogP contribution in [0.1, 0.15) is 18.4 Å². The summed E-state index contributed by atoms with van der Waals surface area (Å²) in [7, 11) is 4.01. The van der Waals surface area contributed by atoms with Crippen molar-refractivity contribution in [2.75, 3.05) is 33.8 Å². The Labute approximate surface area is 137 Å². The molecule has 23 heavy (non-hydrogen) atoms. The highest BCUT2D eigenvalue weighted by atomic mass is 16.5. The Kier molecular flexibility index (Phi) is 6.83. The monoisotopic (exact) mass is 321 g/mol. The molecular formula is C17H27N3O3. The summed E-state index contributed by atoms with van der Waals surface area (Å²) in [6, 6.07) is 7.76. The van der Waals surface area contributed by atoms with Crippen LogP contribution in [-0.2, 0) is 16.1 Å². The minimum atomic E-state index is -0.384. The van der Waals surface area contributed by atoms with Crippen molar-refractivity contribution in [2.24, 2.45) is 5.73 Å². The molecule has 0 unspecified atom stereocenters. The van der Waals surface area contributed by atoms with E-state index in [1.807, 2.05) is 38.4 Å². The molecule has 2 rings (SSSR count). The molecular weight excluding hydrogens is 294 g/mol. The van der Waals surface area contributed by atoms with E-state index in [1.165, 1.54) is 0 Å². The minimum Gasteiger partial charge on any atom is -0.492 e. The Balaban J connectivity index is 1.84. The number of nitrogens with one attached hydrogen (secondary N) is 1. The lowest BCUT2D eigenvalue weighted by molar-refractivity contribution is -0.132. The van der Waals surface area contributed by atoms with Crippen LogP contribution in [0.4, 0.5) is 0 Å². The number of likely N-dealkylation sites (N-methyl/N-ethyl adjacent to an activating group) is 1. The van der Waals surface area contributed by atoms with Gasteiger partial charge in [0, 0.05) is 25.2 Å². The second-order valence-electron chi connectivity index (χ2n) is 6.04. The molecule has 1 aromatic carbocycles. The molecule has 1 fully saturated rings. The van der Waals surface area contributed by atoms with Gasteiger partial charge < -0.3 is 25.4 Å². The summed E-state index contributed by atoms with van der Waals surface area (Å²) in [5.41, 5.74) is 6.54. The largest absolute Gasteiger partial charge is 0.492 e. The molecule has 0 aromatic heterocycles. The lowest BCUT2D eigenvalue weighted by Gasteiger charge is -2.16. The van der Waals surface area contributed by atoms with E-state index in [4.69, 9.17) is 15.2 Å². The van der Waals surface area contributed by atoms with Gasteiger partial charge in [-0.3, -0.25) is 4.79 Å². The van der Waals surface area contributed by atoms with Crippen molar-refractivity contribution >= 4 is 5.91 Å². The molecule has 3 N–H and O–H groups in total. The highest BCUT2D eigenvalue weighted by Gasteiger charge is 2.29. The third-order valence-electron chi connectivity index (χ3n) is 3.88. The SMILES string of the molecule is CN(C)CCOc1ccccc1CNC(=O)[C@@H]1CC[C@H](CN)O1. The van der Waals surface area contributed by atoms with Gasteiger partial charge in [-0.05, 0) is 33.0 Å². The maximum atomic E-state index is 12.2. The lowest BCUT2D eigenvalue weighted by atomic mass is 10.1. The van der Waals surface area contributed by atoms with Gasteiger partial charge in [-0.15, -0.1) is 0 Å². The molecule has 1 heterocycles. The number of ether oxygens (including phenoxy) is 2. The quantitative estimate of drug-likeness (QED) is 0.739. The fourth-order valence-electron chi connectivity index (χ4n) is 2.50. The van der Waals surface area contributed by atoms with Gasteiger partial charge in [-0.25, -0.2) is 0 Å². The second-order valence-corrected chi connectivity index (χ2v) is 6.04. The van der Waals surface area contributed by atoms with Crippen molar-refractivity contribution in [1.29, 1.82) is 0 Å². The van der Waals surface area contributed by atoms with Crippen molar-refractivity contribution in [2.45, 2.75) is 31.6 Å². The van der Waals surface area contributed by atoms with Gasteiger partial charge in [0.1, 0.15) is 18.5 Å². The van der Waals surface area contributed by atoms with Gasteiger partial charge in [0.2, 0.25) is 5.91 Å². The van der Waals surface area contributed by atoms with Gasteiger partial charge in [0.25, 0.3) is 0 Å². The third-order valence-corrected chi connectivity index (χ3v) is 3.88. The van der Waals surface area contributed by atoms with E-state index in [9.17, 15) is 4.79 Å². The maximum Gasteiger partial charge on any atom is 0.249 e. The first-order valence-corrected chi connectivity index (χ1v) is 8.09. The van der Waals surface area contributed by atoms with E-state index in [1.54, 1.807) is 0 Å². The van der Waals surface area contributed by atoms with Crippen molar-refractivity contribution in [3.05, 3.63) is 29.8 Å². The van der Waals surface area contributed by atoms with Crippen molar-refractivity contribution in [3.63, 3.8) is 0 Å². The Morgan fingerprint density at radius 1 is 1.39 bits per heavy atom. The van der Waals surface area contributed by atoms with Crippen LogP contribution in [0.25, 0.3) is 0 Å². The van der Waals surface area contributed by atoms with Gasteiger partial charge in [0.15, 0.2) is 0 Å². The summed E-state index contributed by atoms with van der Waals surface area (Å²) in [5.74, 6) is 0.728. The minimum absolute atomic E-state index is 0.00685. The first-order chi connectivity index (χ1) is 11.1. The van der Waals surface area contributed by atoms with Crippen LogP contribution in [0.5, 0.6) is 5.75 Å². The molecule has 0 aliphatic carbocycles. The van der Waals surface area contributed by atoms with Crippen molar-refractivity contribution < 1.29 is 14.3 Å². The average Bonchev–Trinajstić information content (AvgIpc) is 3.02. The number of para-hydroxylation sites is 1. The molecule has 1 aromatic rings. The predicted molar refractivity (Wildman–Crippen MR) is 89.3 cm³/mol. The van der Waals surface area contributed by atoms with Gasteiger partial charge in [-0.1, -0.05) is 18.2 Å². The summed E-state index contributed by atoms with van der Waals surface area (Å²) in [5, 5.41) is 2.93. The fourth-order valence-corrected chi connectivity index (χ4v) is 2.50. The van der Waals surface area contributed by atoms with Gasteiger partial charge in [-0.2, -0.15) is 0 Å². The molecule has 6 nitrogen and oxygen atoms in total. The van der Waals surface area contributed by atoms with Crippen LogP contribution >= 0.6 is 0 Å². The highest BCUT2D eigenvalue weighted by Crippen LogP contribution is 2.20. The van der Waals surface area contributed by atoms with Crippen molar-refractivity contribution in [3.8, 4) is 5.75 Å². The topological polar surface area (TPSA) is 76.8 Å². The van der Waals surface area contributed by atoms with Crippen LogP contribution in [0, 0.1) is 0 Å². The Bertz CT molecular complexity index is 508. The first-order valence-electron chi connectivity index (χ1n) is 8.09. The smallest absolute Gasteiger partial charge is 0.249 e. The van der Waals surface area contributed by atoms with Crippen molar-refractivity contribution in [1.82, 2.24) is 10.2 Å². The molecule has 0 bridgehead atoms. The molecule has 2 atom stereocenters. The van der Waals surface area contributed by atoms with Gasteiger partial charge in [0.05, 0.1) is 6.10 Å². The Morgan fingerprint density at radius 2 is 2.17 bits per heavy atom. The molecule has 0 spiro atoms. The van der Waals surface area contributed by atoms with Crippen LogP contribution in [0.15, 0.2) is 24.3 Å². The zero-order chi connectivity index (χ0) is 16.7. The predicted octanol–water partition coefficient (Wildman–Crippen LogP) is 0.750. The highest BCUT2D eigenvalue weighted by molar-refractivity contribution is 5.81. The molecule has 0 radical (unpaired) electrons. The number of hydrogen-bond acceptors (Lipinski definition) is 5. The number of carbonyl (C=O) groups excluding carboxylic acids is 1. The molecule has 128 valence electrons. The number of benzene rings is 1. The summed E-state index contributed by atoms with van der Waals surface area (Å²) in [6.45, 7) is 2.36. The zero-order valence-corrected chi connectivity index (χ0v) is 14.0. The van der Waals surface area contributed by atoms with Crippen LogP contribution in [0.2, 0.25) is 0 Å². The number of carbonyl (C=O) groups is 1. The maximum absolute atomic E-state index is 12.2. The number of rotatable bonds is 8. The molecule has 1 amide bonds. The lowest BCUT2D eigenvalue weighted by Crippen LogP contribution is -2.35. The van der Waals surface area contributed by atoms with Gasteiger partial charge >= 0.3 is 0 Å². The number of nitrogens with zero attached hydrogens (tertiary/aromatic N) is 1. The molecule has 6 heteroatoms. The third kappa shape index (κ3) is 5.49. The normalized spacial score (nSPS) is 20.7. The number of nitrogens with two attached hydrogens (primary N) is 1. The summed E-state index contributed by atoms with van der Waals surface area (Å²) < 4.78 is 11.4. The Hall–Kier alpha value is -1.63. The molecule has 1 saturated heterocycles. The average molecular weight is 321 g/mol. The first kappa shape index (κ1) is 17.7. The van der Waals surface area contributed by atoms with E-state index in [0.29, 0.717) is 19.7 Å². The van der Waals surface area contributed by atoms with E-state index < -0.39 is 0 Å². The summed E-state index contributed by atoms with van der Waals surface area (Å²) >= 11 is 0. The van der Waals surface area contributed by atoms with Crippen LogP contribution in [0.3, 0.4) is 0 Å². The van der Waals surface area contributed by atoms with Crippen LogP contribution < -0.4 is 15.8 Å². The van der Waals surface area contributed by atoms with E-state index >= 15 is 0 Å². The second kappa shape index (κ2) is 8.86. The van der Waals surface area contributed by atoms with E-state index in [0.717, 1.165) is 30.7 Å². The number of hydrogen-bond donors (Lipinski definition) is 2. The van der Waals surface area contributed by atoms with E-state index in [-0.39, 0.29) is 18.1 Å². The fraction of sp³-hybridized carbons (Fsp3) is 0.588. The standard InChI is InChI=1S/C17H27N3O3/c1-20(2)9-10-22-15-6-4-3-5-13(15)12-19-17(21)16-8-7-14(11-18)23-16/h3-6,14,16H,7-12,18H2,1-2H3,(H,19,21)/t14-,16+/m1/s1. The Morgan fingerprint density at radius 3 is 2.87 bits per heavy atom. The summed E-state index contributed by atoms with van der Waals surface area (Å²) in [4.78, 5) is 14.2. The molecule has 1 aliphatic rings. The molecule has 0 saturated carbocycles. The summed E-state index contributed by atoms with van der Waals surface area (Å²) in [6.07, 6.45) is 1.20. The van der Waals surface area contributed by atoms with E-state index in [2.05, 4.69) is 10.2 Å². The zero-order valence-electron chi connectivity index (χ0n) is 14.0. The molecule has 1 aliphatic heterocycles. The van der Waals surface area contributed by atoms with Crippen LogP contribution in [-0.4, -0.2) is 56.8 Å². The number of amides is 1.